The van der Waals surface area contributed by atoms with Crippen LogP contribution in [0.3, 0.4) is 0 Å². The highest BCUT2D eigenvalue weighted by Gasteiger charge is 2.15. The Balaban J connectivity index is 0.00000128. The minimum absolute atomic E-state index is 0. The molecule has 1 aliphatic rings. The lowest BCUT2D eigenvalue weighted by Crippen LogP contribution is -2.17. The van der Waals surface area contributed by atoms with E-state index < -0.39 is 0 Å². The van der Waals surface area contributed by atoms with Crippen molar-refractivity contribution < 1.29 is 9.53 Å². The average molecular weight is 263 g/mol. The van der Waals surface area contributed by atoms with Crippen molar-refractivity contribution in [3.05, 3.63) is 16.6 Å². The number of ether oxygens (including phenoxy) is 1. The number of rotatable bonds is 5. The second-order valence-electron chi connectivity index (χ2n) is 3.63. The predicted molar refractivity (Wildman–Crippen MR) is 65.5 cm³/mol. The van der Waals surface area contributed by atoms with Crippen molar-refractivity contribution in [1.82, 2.24) is 10.3 Å². The Morgan fingerprint density at radius 1 is 1.69 bits per heavy atom. The normalized spacial score (nSPS) is 19.4. The van der Waals surface area contributed by atoms with Crippen LogP contribution in [0, 0.1) is 5.92 Å². The highest BCUT2D eigenvalue weighted by molar-refractivity contribution is 7.11. The molecule has 0 radical (unpaired) electrons. The molecule has 2 heterocycles. The monoisotopic (exact) mass is 262 g/mol. The van der Waals surface area contributed by atoms with E-state index in [1.165, 1.54) is 11.3 Å². The molecule has 0 spiro atoms. The van der Waals surface area contributed by atoms with Crippen LogP contribution in [-0.2, 0) is 4.74 Å². The fraction of sp³-hybridized carbons (Fsp3) is 0.600. The third-order valence-corrected chi connectivity index (χ3v) is 3.23. The molecule has 0 saturated carbocycles. The van der Waals surface area contributed by atoms with Crippen molar-refractivity contribution in [3.8, 4) is 0 Å². The van der Waals surface area contributed by atoms with Crippen molar-refractivity contribution in [2.75, 3.05) is 26.3 Å². The Morgan fingerprint density at radius 3 is 3.19 bits per heavy atom. The number of hydrogen-bond donors (Lipinski definition) is 1. The Hall–Kier alpha value is -0.490. The van der Waals surface area contributed by atoms with E-state index in [1.807, 2.05) is 0 Å². The van der Waals surface area contributed by atoms with Gasteiger partial charge in [0.15, 0.2) is 5.01 Å². The number of halogens is 1. The lowest BCUT2D eigenvalue weighted by molar-refractivity contribution is 0.0692. The number of ketones is 1. The SMILES string of the molecule is Cl.O=C(COCC1CCNC1)c1nccs1. The van der Waals surface area contributed by atoms with Crippen LogP contribution in [-0.4, -0.2) is 37.1 Å². The Morgan fingerprint density at radius 2 is 2.56 bits per heavy atom. The van der Waals surface area contributed by atoms with E-state index in [1.54, 1.807) is 11.6 Å². The minimum atomic E-state index is -0.0176. The summed E-state index contributed by atoms with van der Waals surface area (Å²) in [6.45, 7) is 2.90. The van der Waals surface area contributed by atoms with Crippen LogP contribution in [0.2, 0.25) is 0 Å². The topological polar surface area (TPSA) is 51.2 Å². The smallest absolute Gasteiger partial charge is 0.216 e. The van der Waals surface area contributed by atoms with Gasteiger partial charge in [0.25, 0.3) is 0 Å². The van der Waals surface area contributed by atoms with Gasteiger partial charge < -0.3 is 10.1 Å². The molecule has 1 aromatic rings. The van der Waals surface area contributed by atoms with Gasteiger partial charge in [-0.15, -0.1) is 23.7 Å². The van der Waals surface area contributed by atoms with Gasteiger partial charge in [-0.2, -0.15) is 0 Å². The summed E-state index contributed by atoms with van der Waals surface area (Å²) in [6.07, 6.45) is 2.78. The molecule has 4 nitrogen and oxygen atoms in total. The fourth-order valence-corrected chi connectivity index (χ4v) is 2.16. The molecule has 2 rings (SSSR count). The predicted octanol–water partition coefficient (Wildman–Crippen LogP) is 1.37. The van der Waals surface area contributed by atoms with Crippen LogP contribution in [0.25, 0.3) is 0 Å². The van der Waals surface area contributed by atoms with Crippen LogP contribution in [0.5, 0.6) is 0 Å². The maximum absolute atomic E-state index is 11.5. The Kier molecular flexibility index (Phi) is 5.90. The van der Waals surface area contributed by atoms with Crippen molar-refractivity contribution >= 4 is 29.5 Å². The number of hydrogen-bond acceptors (Lipinski definition) is 5. The highest BCUT2D eigenvalue weighted by atomic mass is 35.5. The molecule has 16 heavy (non-hydrogen) atoms. The van der Waals surface area contributed by atoms with Crippen molar-refractivity contribution in [1.29, 1.82) is 0 Å². The van der Waals surface area contributed by atoms with Gasteiger partial charge in [0.1, 0.15) is 6.61 Å². The summed E-state index contributed by atoms with van der Waals surface area (Å²) in [6, 6.07) is 0. The van der Waals surface area contributed by atoms with Crippen molar-refractivity contribution in [2.45, 2.75) is 6.42 Å². The summed E-state index contributed by atoms with van der Waals surface area (Å²) in [5.74, 6) is 0.546. The van der Waals surface area contributed by atoms with Gasteiger partial charge in [-0.05, 0) is 18.9 Å². The molecule has 1 saturated heterocycles. The molecule has 6 heteroatoms. The molecule has 1 unspecified atom stereocenters. The highest BCUT2D eigenvalue weighted by Crippen LogP contribution is 2.09. The number of nitrogens with zero attached hydrogens (tertiary/aromatic N) is 1. The van der Waals surface area contributed by atoms with Gasteiger partial charge >= 0.3 is 0 Å². The lowest BCUT2D eigenvalue weighted by atomic mass is 10.1. The summed E-state index contributed by atoms with van der Waals surface area (Å²) in [5, 5.41) is 5.60. The van der Waals surface area contributed by atoms with E-state index in [0.29, 0.717) is 17.5 Å². The molecule has 1 N–H and O–H groups in total. The number of nitrogens with one attached hydrogen (secondary N) is 1. The summed E-state index contributed by atoms with van der Waals surface area (Å²) in [4.78, 5) is 15.4. The van der Waals surface area contributed by atoms with Gasteiger partial charge in [-0.1, -0.05) is 0 Å². The Labute approximate surface area is 105 Å². The molecule has 1 aromatic heterocycles. The maximum Gasteiger partial charge on any atom is 0.216 e. The zero-order valence-corrected chi connectivity index (χ0v) is 10.5. The van der Waals surface area contributed by atoms with Gasteiger partial charge in [0.05, 0.1) is 6.61 Å². The first-order valence-electron chi connectivity index (χ1n) is 5.07. The van der Waals surface area contributed by atoms with E-state index in [2.05, 4.69) is 10.3 Å². The van der Waals surface area contributed by atoms with E-state index in [-0.39, 0.29) is 24.8 Å². The summed E-state index contributed by atoms with van der Waals surface area (Å²) in [7, 11) is 0. The molecule has 0 aliphatic carbocycles. The van der Waals surface area contributed by atoms with Crippen molar-refractivity contribution in [2.24, 2.45) is 5.92 Å². The molecular formula is C10H15ClN2O2S. The largest absolute Gasteiger partial charge is 0.373 e. The molecule has 0 bridgehead atoms. The number of aromatic nitrogens is 1. The van der Waals surface area contributed by atoms with Crippen LogP contribution < -0.4 is 5.32 Å². The van der Waals surface area contributed by atoms with E-state index in [4.69, 9.17) is 4.74 Å². The van der Waals surface area contributed by atoms with Gasteiger partial charge in [-0.25, -0.2) is 4.98 Å². The Bertz CT molecular complexity index is 313. The summed E-state index contributed by atoms with van der Waals surface area (Å²) < 4.78 is 5.38. The minimum Gasteiger partial charge on any atom is -0.373 e. The van der Waals surface area contributed by atoms with Crippen LogP contribution in [0.1, 0.15) is 16.2 Å². The first-order chi connectivity index (χ1) is 7.36. The molecule has 0 aromatic carbocycles. The average Bonchev–Trinajstić information content (AvgIpc) is 2.90. The number of carbonyl (C=O) groups is 1. The molecule has 90 valence electrons. The molecule has 1 fully saturated rings. The second kappa shape index (κ2) is 6.96. The maximum atomic E-state index is 11.5. The van der Waals surface area contributed by atoms with Gasteiger partial charge in [0, 0.05) is 18.1 Å². The number of Topliss-reactive ketones (excluding diaryl/α,β-unsaturated/α-hetero) is 1. The van der Waals surface area contributed by atoms with Crippen LogP contribution in [0.15, 0.2) is 11.6 Å². The fourth-order valence-electron chi connectivity index (χ4n) is 1.60. The lowest BCUT2D eigenvalue weighted by Gasteiger charge is -2.07. The van der Waals surface area contributed by atoms with Gasteiger partial charge in [0.2, 0.25) is 5.78 Å². The van der Waals surface area contributed by atoms with Crippen molar-refractivity contribution in [3.63, 3.8) is 0 Å². The van der Waals surface area contributed by atoms with Gasteiger partial charge in [-0.3, -0.25) is 4.79 Å². The standard InChI is InChI=1S/C10H14N2O2S.ClH/c13-9(10-12-3-4-15-10)7-14-6-8-1-2-11-5-8;/h3-4,8,11H,1-2,5-7H2;1H. The van der Waals surface area contributed by atoms with E-state index in [9.17, 15) is 4.79 Å². The molecule has 1 atom stereocenters. The first-order valence-corrected chi connectivity index (χ1v) is 5.95. The van der Waals surface area contributed by atoms with E-state index in [0.717, 1.165) is 19.5 Å². The first kappa shape index (κ1) is 13.6. The molecule has 1 aliphatic heterocycles. The number of thiazole rings is 1. The summed E-state index contributed by atoms with van der Waals surface area (Å²) in [5.41, 5.74) is 0. The number of carbonyl (C=O) groups excluding carboxylic acids is 1. The molecular weight excluding hydrogens is 248 g/mol. The van der Waals surface area contributed by atoms with Crippen LogP contribution >= 0.6 is 23.7 Å². The second-order valence-corrected chi connectivity index (χ2v) is 4.53. The zero-order chi connectivity index (χ0) is 10.5. The third kappa shape index (κ3) is 3.83. The van der Waals surface area contributed by atoms with E-state index >= 15 is 0 Å². The zero-order valence-electron chi connectivity index (χ0n) is 8.85. The third-order valence-electron chi connectivity index (χ3n) is 2.42. The van der Waals surface area contributed by atoms with Crippen LogP contribution in [0.4, 0.5) is 0 Å². The quantitative estimate of drug-likeness (QED) is 0.815. The summed E-state index contributed by atoms with van der Waals surface area (Å²) >= 11 is 1.36. The molecule has 0 amide bonds.